The molecular formula is C26H31ClN4. The number of fused-ring (bicyclic) bond motifs is 1. The molecule has 31 heavy (non-hydrogen) atoms. The molecule has 0 amide bonds. The van der Waals surface area contributed by atoms with Gasteiger partial charge in [0.2, 0.25) is 0 Å². The fourth-order valence-corrected chi connectivity index (χ4v) is 4.50. The third-order valence-corrected chi connectivity index (χ3v) is 6.34. The predicted octanol–water partition coefficient (Wildman–Crippen LogP) is 4.96. The highest BCUT2D eigenvalue weighted by Crippen LogP contribution is 2.23. The number of piperidine rings is 1. The second-order valence-corrected chi connectivity index (χ2v) is 8.66. The number of aromatic nitrogens is 1. The zero-order chi connectivity index (χ0) is 21.6. The normalized spacial score (nSPS) is 14.6. The van der Waals surface area contributed by atoms with E-state index in [9.17, 15) is 0 Å². The van der Waals surface area contributed by atoms with Gasteiger partial charge < -0.3 is 15.2 Å². The molecular weight excluding hydrogens is 404 g/mol. The van der Waals surface area contributed by atoms with Gasteiger partial charge in [0, 0.05) is 40.7 Å². The van der Waals surface area contributed by atoms with Crippen LogP contribution in [-0.4, -0.2) is 42.2 Å². The maximum absolute atomic E-state index is 5.94. The van der Waals surface area contributed by atoms with Gasteiger partial charge in [-0.3, -0.25) is 4.90 Å². The smallest absolute Gasteiger partial charge is 0.0931 e. The molecule has 0 unspecified atom stereocenters. The lowest BCUT2D eigenvalue weighted by Gasteiger charge is -2.31. The Labute approximate surface area is 190 Å². The Bertz CT molecular complexity index is 1070. The molecule has 0 saturated carbocycles. The van der Waals surface area contributed by atoms with E-state index in [1.165, 1.54) is 29.3 Å². The van der Waals surface area contributed by atoms with Gasteiger partial charge >= 0.3 is 0 Å². The van der Waals surface area contributed by atoms with Crippen LogP contribution in [0.15, 0.2) is 48.5 Å². The van der Waals surface area contributed by atoms with Gasteiger partial charge in [-0.15, -0.1) is 0 Å². The van der Waals surface area contributed by atoms with Crippen LogP contribution in [0.5, 0.6) is 0 Å². The first-order valence-electron chi connectivity index (χ1n) is 11.2. The van der Waals surface area contributed by atoms with E-state index in [0.29, 0.717) is 12.6 Å². The number of anilines is 1. The zero-order valence-electron chi connectivity index (χ0n) is 18.4. The largest absolute Gasteiger partial charge is 0.374 e. The standard InChI is InChI=1S/C26H31ClN4/c1-3-31-25(5-4-14-29-23-9-7-22(27)8-10-23)18-21-17-20(6-11-26(21)31)19-30(2)24-12-15-28-16-13-24/h6-11,17-18,24,28-29H,3,12-16,19H2,1-2H3. The van der Waals surface area contributed by atoms with Crippen LogP contribution in [0.3, 0.4) is 0 Å². The van der Waals surface area contributed by atoms with E-state index in [4.69, 9.17) is 11.6 Å². The Kier molecular flexibility index (Phi) is 7.19. The number of aryl methyl sites for hydroxylation is 1. The van der Waals surface area contributed by atoms with Gasteiger partial charge in [-0.2, -0.15) is 0 Å². The summed E-state index contributed by atoms with van der Waals surface area (Å²) in [5.74, 6) is 6.62. The minimum atomic E-state index is 0.596. The summed E-state index contributed by atoms with van der Waals surface area (Å²) in [6.07, 6.45) is 2.46. The summed E-state index contributed by atoms with van der Waals surface area (Å²) in [5.41, 5.74) is 4.72. The Morgan fingerprint density at radius 3 is 2.65 bits per heavy atom. The maximum atomic E-state index is 5.94. The highest BCUT2D eigenvalue weighted by molar-refractivity contribution is 6.30. The van der Waals surface area contributed by atoms with Crippen LogP contribution in [0.1, 0.15) is 31.0 Å². The van der Waals surface area contributed by atoms with E-state index in [1.807, 2.05) is 24.3 Å². The third-order valence-electron chi connectivity index (χ3n) is 6.09. The van der Waals surface area contributed by atoms with Gasteiger partial charge in [-0.05, 0) is 93.9 Å². The predicted molar refractivity (Wildman–Crippen MR) is 132 cm³/mol. The van der Waals surface area contributed by atoms with E-state index in [-0.39, 0.29) is 0 Å². The van der Waals surface area contributed by atoms with Crippen molar-refractivity contribution < 1.29 is 0 Å². The van der Waals surface area contributed by atoms with Gasteiger partial charge in [0.05, 0.1) is 12.2 Å². The van der Waals surface area contributed by atoms with E-state index < -0.39 is 0 Å². The molecule has 4 nitrogen and oxygen atoms in total. The highest BCUT2D eigenvalue weighted by atomic mass is 35.5. The lowest BCUT2D eigenvalue weighted by Crippen LogP contribution is -2.40. The van der Waals surface area contributed by atoms with Crippen LogP contribution in [0.2, 0.25) is 5.02 Å². The molecule has 0 radical (unpaired) electrons. The first-order chi connectivity index (χ1) is 15.1. The molecule has 1 aliphatic rings. The molecule has 1 fully saturated rings. The summed E-state index contributed by atoms with van der Waals surface area (Å²) in [4.78, 5) is 2.50. The van der Waals surface area contributed by atoms with Crippen LogP contribution < -0.4 is 10.6 Å². The Morgan fingerprint density at radius 1 is 1.13 bits per heavy atom. The Balaban J connectivity index is 1.46. The van der Waals surface area contributed by atoms with Crippen molar-refractivity contribution in [1.82, 2.24) is 14.8 Å². The summed E-state index contributed by atoms with van der Waals surface area (Å²) >= 11 is 5.94. The number of nitrogens with zero attached hydrogens (tertiary/aromatic N) is 2. The van der Waals surface area contributed by atoms with Crippen LogP contribution in [0.25, 0.3) is 10.9 Å². The number of hydrogen-bond acceptors (Lipinski definition) is 3. The quantitative estimate of drug-likeness (QED) is 0.537. The van der Waals surface area contributed by atoms with Gasteiger partial charge in [-0.1, -0.05) is 23.6 Å². The molecule has 3 aromatic rings. The van der Waals surface area contributed by atoms with Crippen LogP contribution in [-0.2, 0) is 13.1 Å². The van der Waals surface area contributed by atoms with Crippen LogP contribution in [0.4, 0.5) is 5.69 Å². The number of benzene rings is 2. The van der Waals surface area contributed by atoms with E-state index in [2.05, 4.69) is 70.2 Å². The number of nitrogens with one attached hydrogen (secondary N) is 2. The van der Waals surface area contributed by atoms with Crippen molar-refractivity contribution in [3.05, 3.63) is 64.8 Å². The van der Waals surface area contributed by atoms with Crippen LogP contribution >= 0.6 is 11.6 Å². The van der Waals surface area contributed by atoms with E-state index in [0.717, 1.165) is 42.6 Å². The molecule has 0 aliphatic carbocycles. The Morgan fingerprint density at radius 2 is 1.90 bits per heavy atom. The average molecular weight is 435 g/mol. The lowest BCUT2D eigenvalue weighted by molar-refractivity contribution is 0.192. The van der Waals surface area contributed by atoms with Crippen molar-refractivity contribution in [2.75, 3.05) is 32.0 Å². The molecule has 0 atom stereocenters. The molecule has 2 N–H and O–H groups in total. The SMILES string of the molecule is CCn1c(C#CCNc2ccc(Cl)cc2)cc2cc(CN(C)C3CCNCC3)ccc21. The molecule has 1 saturated heterocycles. The van der Waals surface area contributed by atoms with Gasteiger partial charge in [-0.25, -0.2) is 0 Å². The molecule has 5 heteroatoms. The van der Waals surface area contributed by atoms with Crippen molar-refractivity contribution in [2.24, 2.45) is 0 Å². The number of halogens is 1. The van der Waals surface area contributed by atoms with Crippen molar-refractivity contribution in [3.8, 4) is 11.8 Å². The topological polar surface area (TPSA) is 32.2 Å². The molecule has 2 heterocycles. The average Bonchev–Trinajstić information content (AvgIpc) is 3.15. The van der Waals surface area contributed by atoms with Crippen molar-refractivity contribution >= 4 is 28.2 Å². The summed E-state index contributed by atoms with van der Waals surface area (Å²) in [6, 6.07) is 17.4. The molecule has 162 valence electrons. The molecule has 0 bridgehead atoms. The van der Waals surface area contributed by atoms with Gasteiger partial charge in [0.25, 0.3) is 0 Å². The molecule has 1 aromatic heterocycles. The fourth-order valence-electron chi connectivity index (χ4n) is 4.38. The molecule has 4 rings (SSSR count). The van der Waals surface area contributed by atoms with E-state index in [1.54, 1.807) is 0 Å². The van der Waals surface area contributed by atoms with Gasteiger partial charge in [0.15, 0.2) is 0 Å². The number of rotatable bonds is 6. The maximum Gasteiger partial charge on any atom is 0.0931 e. The number of hydrogen-bond donors (Lipinski definition) is 2. The van der Waals surface area contributed by atoms with Crippen molar-refractivity contribution in [3.63, 3.8) is 0 Å². The first-order valence-corrected chi connectivity index (χ1v) is 11.5. The monoisotopic (exact) mass is 434 g/mol. The van der Waals surface area contributed by atoms with Crippen LogP contribution in [0, 0.1) is 11.8 Å². The first kappa shape index (κ1) is 21.8. The minimum Gasteiger partial charge on any atom is -0.374 e. The molecule has 0 spiro atoms. The second-order valence-electron chi connectivity index (χ2n) is 8.23. The van der Waals surface area contributed by atoms with Crippen molar-refractivity contribution in [1.29, 1.82) is 0 Å². The summed E-state index contributed by atoms with van der Waals surface area (Å²) in [6.45, 7) is 6.93. The summed E-state index contributed by atoms with van der Waals surface area (Å²) in [5, 5.41) is 8.79. The van der Waals surface area contributed by atoms with Crippen molar-refractivity contribution in [2.45, 2.75) is 38.9 Å². The Hall–Kier alpha value is -2.45. The zero-order valence-corrected chi connectivity index (χ0v) is 19.2. The fraction of sp³-hybridized carbons (Fsp3) is 0.385. The highest BCUT2D eigenvalue weighted by Gasteiger charge is 2.18. The minimum absolute atomic E-state index is 0.596. The lowest BCUT2D eigenvalue weighted by atomic mass is 10.0. The third kappa shape index (κ3) is 5.43. The summed E-state index contributed by atoms with van der Waals surface area (Å²) in [7, 11) is 2.25. The van der Waals surface area contributed by atoms with Gasteiger partial charge in [0.1, 0.15) is 0 Å². The second kappa shape index (κ2) is 10.2. The molecule has 1 aliphatic heterocycles. The van der Waals surface area contributed by atoms with E-state index >= 15 is 0 Å². The molecule has 2 aromatic carbocycles. The summed E-state index contributed by atoms with van der Waals surface area (Å²) < 4.78 is 2.30.